The Labute approximate surface area is 153 Å². The number of benzene rings is 1. The van der Waals surface area contributed by atoms with Crippen LogP contribution in [0.1, 0.15) is 24.4 Å². The number of alkyl halides is 3. The maximum Gasteiger partial charge on any atom is 0.408 e. The fraction of sp³-hybridized carbons (Fsp3) is 0.625. The molecule has 8 heteroatoms. The lowest BCUT2D eigenvalue weighted by atomic mass is 10.0. The third-order valence-electron chi connectivity index (χ3n) is 4.51. The van der Waals surface area contributed by atoms with E-state index in [-0.39, 0.29) is 24.8 Å². The Balaban J connectivity index is 0.00000144. The van der Waals surface area contributed by atoms with Crippen molar-refractivity contribution < 1.29 is 13.2 Å². The number of hydrogen-bond donors (Lipinski definition) is 1. The topological polar surface area (TPSA) is 18.5 Å². The van der Waals surface area contributed by atoms with E-state index in [1.165, 1.54) is 4.90 Å². The molecule has 0 aromatic heterocycles. The summed E-state index contributed by atoms with van der Waals surface area (Å²) in [6.45, 7) is 4.08. The molecule has 0 saturated carbocycles. The van der Waals surface area contributed by atoms with Gasteiger partial charge in [0.05, 0.1) is 0 Å². The first kappa shape index (κ1) is 21.4. The van der Waals surface area contributed by atoms with Crippen molar-refractivity contribution in [2.75, 3.05) is 44.2 Å². The van der Waals surface area contributed by atoms with Crippen LogP contribution in [-0.4, -0.2) is 50.3 Å². The van der Waals surface area contributed by atoms with Crippen LogP contribution in [0.5, 0.6) is 0 Å². The second-order valence-electron chi connectivity index (χ2n) is 6.02. The Morgan fingerprint density at radius 2 is 1.42 bits per heavy atom. The van der Waals surface area contributed by atoms with Crippen LogP contribution in [0.25, 0.3) is 0 Å². The number of rotatable bonds is 3. The highest BCUT2D eigenvalue weighted by atomic mass is 35.5. The number of nitrogens with one attached hydrogen (secondary N) is 1. The van der Waals surface area contributed by atoms with E-state index < -0.39 is 12.2 Å². The van der Waals surface area contributed by atoms with E-state index in [1.807, 2.05) is 12.1 Å². The predicted octanol–water partition coefficient (Wildman–Crippen LogP) is 3.64. The monoisotopic (exact) mass is 385 g/mol. The Morgan fingerprint density at radius 3 is 1.92 bits per heavy atom. The Hall–Kier alpha value is -0.690. The minimum absolute atomic E-state index is 0. The van der Waals surface area contributed by atoms with Crippen molar-refractivity contribution in [3.8, 4) is 0 Å². The molecule has 2 saturated heterocycles. The molecule has 0 spiro atoms. The van der Waals surface area contributed by atoms with E-state index >= 15 is 0 Å². The van der Waals surface area contributed by atoms with Crippen molar-refractivity contribution >= 4 is 30.5 Å². The van der Waals surface area contributed by atoms with Gasteiger partial charge in [0.25, 0.3) is 0 Å². The van der Waals surface area contributed by atoms with Gasteiger partial charge in [-0.1, -0.05) is 12.1 Å². The number of piperazine rings is 1. The van der Waals surface area contributed by atoms with Gasteiger partial charge in [-0.2, -0.15) is 13.2 Å². The van der Waals surface area contributed by atoms with E-state index in [2.05, 4.69) is 10.2 Å². The van der Waals surface area contributed by atoms with Gasteiger partial charge in [-0.05, 0) is 30.5 Å². The quantitative estimate of drug-likeness (QED) is 0.856. The van der Waals surface area contributed by atoms with Gasteiger partial charge in [-0.15, -0.1) is 24.8 Å². The van der Waals surface area contributed by atoms with Crippen molar-refractivity contribution in [3.63, 3.8) is 0 Å². The zero-order valence-corrected chi connectivity index (χ0v) is 15.0. The summed E-state index contributed by atoms with van der Waals surface area (Å²) in [4.78, 5) is 3.76. The Morgan fingerprint density at radius 1 is 0.875 bits per heavy atom. The fourth-order valence-corrected chi connectivity index (χ4v) is 3.39. The van der Waals surface area contributed by atoms with Crippen molar-refractivity contribution in [2.45, 2.75) is 25.1 Å². The minimum Gasteiger partial charge on any atom is -0.372 e. The van der Waals surface area contributed by atoms with Crippen molar-refractivity contribution in [1.82, 2.24) is 10.2 Å². The lowest BCUT2D eigenvalue weighted by molar-refractivity contribution is -0.187. The standard InChI is InChI=1S/C16H22F3N3.2ClH/c17-16(18,19)15(22-11-7-20-8-12-22)13-3-5-14(6-4-13)21-9-1-2-10-21;;/h3-6,15,20H,1-2,7-12H2;2*1H/t15-;;/m1../s1. The molecule has 1 aromatic rings. The van der Waals surface area contributed by atoms with E-state index in [0.29, 0.717) is 31.7 Å². The molecule has 2 fully saturated rings. The highest BCUT2D eigenvalue weighted by molar-refractivity contribution is 5.85. The molecule has 24 heavy (non-hydrogen) atoms. The number of halogens is 5. The van der Waals surface area contributed by atoms with Gasteiger partial charge in [-0.3, -0.25) is 4.90 Å². The van der Waals surface area contributed by atoms with Crippen LogP contribution < -0.4 is 10.2 Å². The molecule has 0 aliphatic carbocycles. The van der Waals surface area contributed by atoms with Gasteiger partial charge in [0.2, 0.25) is 0 Å². The number of anilines is 1. The average Bonchev–Trinajstić information content (AvgIpc) is 3.02. The van der Waals surface area contributed by atoms with Crippen LogP contribution in [-0.2, 0) is 0 Å². The molecule has 3 nitrogen and oxygen atoms in total. The molecule has 1 aromatic carbocycles. The zero-order chi connectivity index (χ0) is 15.6. The lowest BCUT2D eigenvalue weighted by Crippen LogP contribution is -2.49. The molecule has 1 N–H and O–H groups in total. The second kappa shape index (κ2) is 9.13. The molecule has 2 heterocycles. The summed E-state index contributed by atoms with van der Waals surface area (Å²) < 4.78 is 40.6. The molecule has 2 aliphatic rings. The third kappa shape index (κ3) is 4.91. The molecule has 0 amide bonds. The summed E-state index contributed by atoms with van der Waals surface area (Å²) in [7, 11) is 0. The van der Waals surface area contributed by atoms with Gasteiger partial charge >= 0.3 is 6.18 Å². The molecule has 0 radical (unpaired) electrons. The molecule has 138 valence electrons. The predicted molar refractivity (Wildman–Crippen MR) is 95.6 cm³/mol. The zero-order valence-electron chi connectivity index (χ0n) is 13.4. The molecule has 0 unspecified atom stereocenters. The fourth-order valence-electron chi connectivity index (χ4n) is 3.39. The lowest BCUT2D eigenvalue weighted by Gasteiger charge is -2.36. The molecule has 0 bridgehead atoms. The van der Waals surface area contributed by atoms with Crippen LogP contribution in [0, 0.1) is 0 Å². The van der Waals surface area contributed by atoms with E-state index in [1.54, 1.807) is 12.1 Å². The average molecular weight is 386 g/mol. The summed E-state index contributed by atoms with van der Waals surface area (Å²) in [6, 6.07) is 5.47. The summed E-state index contributed by atoms with van der Waals surface area (Å²) in [5.74, 6) is 0. The first-order valence-corrected chi connectivity index (χ1v) is 7.92. The maximum atomic E-state index is 13.5. The Bertz CT molecular complexity index is 484. The van der Waals surface area contributed by atoms with Gasteiger partial charge in [-0.25, -0.2) is 0 Å². The highest BCUT2D eigenvalue weighted by Crippen LogP contribution is 2.38. The second-order valence-corrected chi connectivity index (χ2v) is 6.02. The maximum absolute atomic E-state index is 13.5. The first-order valence-electron chi connectivity index (χ1n) is 7.92. The summed E-state index contributed by atoms with van der Waals surface area (Å²) >= 11 is 0. The summed E-state index contributed by atoms with van der Waals surface area (Å²) in [5.41, 5.74) is 1.37. The van der Waals surface area contributed by atoms with Crippen LogP contribution in [0.3, 0.4) is 0 Å². The first-order chi connectivity index (χ1) is 10.6. The van der Waals surface area contributed by atoms with Gasteiger partial charge in [0, 0.05) is 45.0 Å². The normalized spacial score (nSPS) is 20.2. The van der Waals surface area contributed by atoms with Crippen molar-refractivity contribution in [3.05, 3.63) is 29.8 Å². The SMILES string of the molecule is Cl.Cl.FC(F)(F)[C@@H](c1ccc(N2CCCC2)cc1)N1CCNCC1. The van der Waals surface area contributed by atoms with Crippen LogP contribution in [0.15, 0.2) is 24.3 Å². The molecular weight excluding hydrogens is 362 g/mol. The third-order valence-corrected chi connectivity index (χ3v) is 4.51. The molecular formula is C16H24Cl2F3N3. The minimum atomic E-state index is -4.24. The summed E-state index contributed by atoms with van der Waals surface area (Å²) in [6.07, 6.45) is -1.92. The number of hydrogen-bond acceptors (Lipinski definition) is 3. The molecule has 1 atom stereocenters. The van der Waals surface area contributed by atoms with Crippen LogP contribution >= 0.6 is 24.8 Å². The van der Waals surface area contributed by atoms with Gasteiger partial charge in [0.15, 0.2) is 0 Å². The summed E-state index contributed by atoms with van der Waals surface area (Å²) in [5, 5.41) is 3.10. The largest absolute Gasteiger partial charge is 0.408 e. The van der Waals surface area contributed by atoms with Crippen LogP contribution in [0.2, 0.25) is 0 Å². The molecule has 2 aliphatic heterocycles. The van der Waals surface area contributed by atoms with Gasteiger partial charge in [0.1, 0.15) is 6.04 Å². The Kier molecular flexibility index (Phi) is 8.12. The smallest absolute Gasteiger partial charge is 0.372 e. The van der Waals surface area contributed by atoms with E-state index in [9.17, 15) is 13.2 Å². The van der Waals surface area contributed by atoms with E-state index in [4.69, 9.17) is 0 Å². The molecule has 3 rings (SSSR count). The van der Waals surface area contributed by atoms with Crippen molar-refractivity contribution in [2.24, 2.45) is 0 Å². The van der Waals surface area contributed by atoms with Crippen molar-refractivity contribution in [1.29, 1.82) is 0 Å². The van der Waals surface area contributed by atoms with E-state index in [0.717, 1.165) is 31.6 Å². The number of nitrogens with zero attached hydrogens (tertiary/aromatic N) is 2. The highest BCUT2D eigenvalue weighted by Gasteiger charge is 2.44. The van der Waals surface area contributed by atoms with Gasteiger partial charge < -0.3 is 10.2 Å². The van der Waals surface area contributed by atoms with Crippen LogP contribution in [0.4, 0.5) is 18.9 Å².